The lowest BCUT2D eigenvalue weighted by molar-refractivity contribution is -0.383. The van der Waals surface area contributed by atoms with Crippen LogP contribution in [0, 0.1) is 10.1 Å². The van der Waals surface area contributed by atoms with E-state index in [9.17, 15) is 24.0 Å². The molecule has 9 heteroatoms. The lowest BCUT2D eigenvalue weighted by Crippen LogP contribution is -2.42. The van der Waals surface area contributed by atoms with Gasteiger partial charge < -0.3 is 9.88 Å². The smallest absolute Gasteiger partial charge is 0.294 e. The Morgan fingerprint density at radius 1 is 1.11 bits per heavy atom. The summed E-state index contributed by atoms with van der Waals surface area (Å²) in [5, 5.41) is 12.2. The number of hydrogen-bond acceptors (Lipinski definition) is 5. The Kier molecular flexibility index (Phi) is 4.58. The summed E-state index contributed by atoms with van der Waals surface area (Å²) in [5.74, 6) is -0.0843. The fraction of sp³-hybridized carbons (Fsp3) is 0.211. The number of benzene rings is 2. The molecule has 3 aromatic rings. The van der Waals surface area contributed by atoms with Gasteiger partial charge in [0.05, 0.1) is 16.4 Å². The first-order chi connectivity index (χ1) is 13.3. The van der Waals surface area contributed by atoms with Gasteiger partial charge in [0.15, 0.2) is 0 Å². The molecule has 1 aliphatic heterocycles. The van der Waals surface area contributed by atoms with Crippen molar-refractivity contribution in [3.05, 3.63) is 64.2 Å². The van der Waals surface area contributed by atoms with Crippen LogP contribution in [0.2, 0.25) is 0 Å². The SMILES string of the molecule is O=C(c1cc([N+](=O)[O-])c2[nH]c(-c3ccccc3)cc2c1)N1CCS(O)(O)CC1. The maximum Gasteiger partial charge on any atom is 0.294 e. The highest BCUT2D eigenvalue weighted by atomic mass is 32.3. The zero-order valence-corrected chi connectivity index (χ0v) is 15.7. The molecule has 0 spiro atoms. The fourth-order valence-corrected chi connectivity index (χ4v) is 4.61. The molecular weight excluding hydrogens is 382 g/mol. The molecule has 3 N–H and O–H groups in total. The molecule has 2 aromatic carbocycles. The van der Waals surface area contributed by atoms with Crippen molar-refractivity contribution in [3.8, 4) is 11.3 Å². The van der Waals surface area contributed by atoms with Crippen LogP contribution in [-0.2, 0) is 0 Å². The molecule has 1 fully saturated rings. The van der Waals surface area contributed by atoms with Crippen molar-refractivity contribution in [1.29, 1.82) is 0 Å². The molecule has 0 radical (unpaired) electrons. The molecule has 1 aliphatic rings. The quantitative estimate of drug-likeness (QED) is 0.453. The lowest BCUT2D eigenvalue weighted by Gasteiger charge is -2.40. The Hall–Kier alpha value is -2.88. The van der Waals surface area contributed by atoms with E-state index >= 15 is 0 Å². The predicted octanol–water partition coefficient (Wildman–Crippen LogP) is 3.95. The van der Waals surface area contributed by atoms with E-state index < -0.39 is 15.5 Å². The van der Waals surface area contributed by atoms with Crippen LogP contribution in [0.25, 0.3) is 22.2 Å². The molecule has 0 unspecified atom stereocenters. The third-order valence-electron chi connectivity index (χ3n) is 4.90. The molecular formula is C19H19N3O5S. The van der Waals surface area contributed by atoms with Crippen LogP contribution >= 0.6 is 10.6 Å². The minimum atomic E-state index is -2.62. The first-order valence-electron chi connectivity index (χ1n) is 8.73. The second-order valence-corrected chi connectivity index (χ2v) is 9.19. The minimum Gasteiger partial charge on any atom is -0.349 e. The van der Waals surface area contributed by atoms with Crippen molar-refractivity contribution >= 4 is 33.1 Å². The van der Waals surface area contributed by atoms with Crippen molar-refractivity contribution in [2.24, 2.45) is 0 Å². The molecule has 0 bridgehead atoms. The molecule has 1 aromatic heterocycles. The third-order valence-corrected chi connectivity index (χ3v) is 6.57. The average molecular weight is 401 g/mol. The van der Waals surface area contributed by atoms with Crippen LogP contribution in [0.5, 0.6) is 0 Å². The molecule has 0 atom stereocenters. The zero-order chi connectivity index (χ0) is 19.9. The number of aromatic nitrogens is 1. The summed E-state index contributed by atoms with van der Waals surface area (Å²) in [6, 6.07) is 14.2. The number of non-ortho nitro benzene ring substituents is 1. The number of H-pyrrole nitrogens is 1. The number of nitrogens with one attached hydrogen (secondary N) is 1. The average Bonchev–Trinajstić information content (AvgIpc) is 3.11. The fourth-order valence-electron chi connectivity index (χ4n) is 3.38. The molecule has 2 heterocycles. The first-order valence-corrected chi connectivity index (χ1v) is 10.6. The Morgan fingerprint density at radius 3 is 2.43 bits per heavy atom. The number of nitro benzene ring substituents is 1. The summed E-state index contributed by atoms with van der Waals surface area (Å²) in [7, 11) is -2.62. The van der Waals surface area contributed by atoms with E-state index in [0.717, 1.165) is 11.3 Å². The molecule has 1 amide bonds. The molecule has 4 rings (SSSR count). The molecule has 0 saturated carbocycles. The van der Waals surface area contributed by atoms with E-state index in [0.29, 0.717) is 10.9 Å². The number of rotatable bonds is 3. The minimum absolute atomic E-state index is 0.130. The van der Waals surface area contributed by atoms with Gasteiger partial charge in [-0.05, 0) is 17.7 Å². The second-order valence-electron chi connectivity index (χ2n) is 6.77. The monoisotopic (exact) mass is 401 g/mol. The molecule has 146 valence electrons. The Morgan fingerprint density at radius 2 is 1.79 bits per heavy atom. The number of aromatic amines is 1. The number of carbonyl (C=O) groups excluding carboxylic acids is 1. The van der Waals surface area contributed by atoms with Crippen LogP contribution in [0.4, 0.5) is 5.69 Å². The lowest BCUT2D eigenvalue weighted by atomic mass is 10.1. The van der Waals surface area contributed by atoms with E-state index in [1.165, 1.54) is 11.0 Å². The highest BCUT2D eigenvalue weighted by Gasteiger charge is 2.28. The Labute approximate surface area is 162 Å². The summed E-state index contributed by atoms with van der Waals surface area (Å²) >= 11 is 0. The highest BCUT2D eigenvalue weighted by Crippen LogP contribution is 2.40. The second kappa shape index (κ2) is 6.93. The van der Waals surface area contributed by atoms with Gasteiger partial charge in [0.25, 0.3) is 11.6 Å². The van der Waals surface area contributed by atoms with Gasteiger partial charge in [0.2, 0.25) is 0 Å². The van der Waals surface area contributed by atoms with Crippen LogP contribution in [0.3, 0.4) is 0 Å². The summed E-state index contributed by atoms with van der Waals surface area (Å²) < 4.78 is 19.4. The normalized spacial score (nSPS) is 17.4. The Balaban J connectivity index is 1.74. The topological polar surface area (TPSA) is 120 Å². The number of carbonyl (C=O) groups is 1. The van der Waals surface area contributed by atoms with Crippen molar-refractivity contribution in [1.82, 2.24) is 9.88 Å². The standard InChI is InChI=1S/C19H19N3O5S/c23-19(21-6-8-28(26,27)9-7-21)15-10-14-11-16(13-4-2-1-3-5-13)20-18(14)17(12-15)22(24)25/h1-5,10-12,20,26-27H,6-9H2. The molecule has 8 nitrogen and oxygen atoms in total. The number of amides is 1. The van der Waals surface area contributed by atoms with Crippen LogP contribution in [-0.4, -0.2) is 54.4 Å². The molecule has 1 saturated heterocycles. The van der Waals surface area contributed by atoms with Gasteiger partial charge in [-0.1, -0.05) is 30.3 Å². The Bertz CT molecular complexity index is 1050. The summed E-state index contributed by atoms with van der Waals surface area (Å²) in [6.07, 6.45) is 0. The zero-order valence-electron chi connectivity index (χ0n) is 14.9. The van der Waals surface area contributed by atoms with E-state index in [2.05, 4.69) is 4.98 Å². The first kappa shape index (κ1) is 18.5. The van der Waals surface area contributed by atoms with E-state index in [-0.39, 0.29) is 41.8 Å². The number of nitrogens with zero attached hydrogens (tertiary/aromatic N) is 2. The van der Waals surface area contributed by atoms with E-state index in [4.69, 9.17) is 0 Å². The summed E-state index contributed by atoms with van der Waals surface area (Å²) in [4.78, 5) is 28.5. The maximum atomic E-state index is 12.8. The third kappa shape index (κ3) is 3.47. The van der Waals surface area contributed by atoms with Crippen molar-refractivity contribution in [3.63, 3.8) is 0 Å². The number of nitro groups is 1. The van der Waals surface area contributed by atoms with Crippen molar-refractivity contribution in [2.75, 3.05) is 24.6 Å². The van der Waals surface area contributed by atoms with Crippen molar-refractivity contribution in [2.45, 2.75) is 0 Å². The number of fused-ring (bicyclic) bond motifs is 1. The molecule has 28 heavy (non-hydrogen) atoms. The largest absolute Gasteiger partial charge is 0.349 e. The van der Waals surface area contributed by atoms with E-state index in [1.807, 2.05) is 30.3 Å². The number of hydrogen-bond donors (Lipinski definition) is 3. The predicted molar refractivity (Wildman–Crippen MR) is 109 cm³/mol. The van der Waals surface area contributed by atoms with Crippen LogP contribution < -0.4 is 0 Å². The van der Waals surface area contributed by atoms with E-state index in [1.54, 1.807) is 12.1 Å². The maximum absolute atomic E-state index is 12.8. The summed E-state index contributed by atoms with van der Waals surface area (Å²) in [6.45, 7) is 0.435. The van der Waals surface area contributed by atoms with Gasteiger partial charge in [-0.3, -0.25) is 24.0 Å². The van der Waals surface area contributed by atoms with Crippen molar-refractivity contribution < 1.29 is 18.8 Å². The van der Waals surface area contributed by atoms with Gasteiger partial charge in [0.1, 0.15) is 5.52 Å². The van der Waals surface area contributed by atoms with Gasteiger partial charge >= 0.3 is 0 Å². The highest BCUT2D eigenvalue weighted by molar-refractivity contribution is 8.24. The molecule has 0 aliphatic carbocycles. The van der Waals surface area contributed by atoms with Gasteiger partial charge in [-0.2, -0.15) is 10.6 Å². The summed E-state index contributed by atoms with van der Waals surface area (Å²) in [5.41, 5.74) is 2.05. The van der Waals surface area contributed by atoms with Gasteiger partial charge in [0, 0.05) is 35.8 Å². The van der Waals surface area contributed by atoms with Crippen LogP contribution in [0.1, 0.15) is 10.4 Å². The van der Waals surface area contributed by atoms with Gasteiger partial charge in [-0.15, -0.1) is 0 Å². The van der Waals surface area contributed by atoms with Gasteiger partial charge in [-0.25, -0.2) is 0 Å². The van der Waals surface area contributed by atoms with Crippen LogP contribution in [0.15, 0.2) is 48.5 Å².